The lowest BCUT2D eigenvalue weighted by Crippen LogP contribution is -2.01. The molecule has 1 saturated carbocycles. The zero-order valence-electron chi connectivity index (χ0n) is 8.71. The van der Waals surface area contributed by atoms with Crippen molar-refractivity contribution in [2.75, 3.05) is 0 Å². The molecule has 16 heavy (non-hydrogen) atoms. The van der Waals surface area contributed by atoms with Crippen molar-refractivity contribution in [1.82, 2.24) is 9.97 Å². The summed E-state index contributed by atoms with van der Waals surface area (Å²) < 4.78 is 0. The van der Waals surface area contributed by atoms with Crippen molar-refractivity contribution in [2.45, 2.75) is 19.3 Å². The summed E-state index contributed by atoms with van der Waals surface area (Å²) in [5.41, 5.74) is 2.42. The molecule has 0 spiro atoms. The van der Waals surface area contributed by atoms with Crippen LogP contribution in [0, 0.1) is 16.7 Å². The first-order chi connectivity index (χ1) is 7.71. The molecule has 1 aromatic heterocycles. The lowest BCUT2D eigenvalue weighted by Gasteiger charge is -2.05. The van der Waals surface area contributed by atoms with Gasteiger partial charge in [0.1, 0.15) is 0 Å². The third kappa shape index (κ3) is 1.41. The van der Waals surface area contributed by atoms with Crippen LogP contribution >= 0.6 is 0 Å². The van der Waals surface area contributed by atoms with Gasteiger partial charge in [-0.15, -0.1) is 0 Å². The Morgan fingerprint density at radius 1 is 1.31 bits per heavy atom. The van der Waals surface area contributed by atoms with Gasteiger partial charge in [0.15, 0.2) is 0 Å². The molecule has 1 heterocycles. The van der Waals surface area contributed by atoms with Crippen molar-refractivity contribution in [3.8, 4) is 6.07 Å². The Labute approximate surface area is 91.9 Å². The molecule has 3 rings (SSSR count). The van der Waals surface area contributed by atoms with Crippen LogP contribution in [0.15, 0.2) is 23.0 Å². The maximum absolute atomic E-state index is 11.1. The maximum atomic E-state index is 11.1. The van der Waals surface area contributed by atoms with E-state index in [1.54, 1.807) is 0 Å². The molecule has 1 aliphatic rings. The molecule has 4 heteroatoms. The molecule has 0 aliphatic heterocycles. The lowest BCUT2D eigenvalue weighted by molar-refractivity contribution is 0.665. The van der Waals surface area contributed by atoms with Gasteiger partial charge in [-0.3, -0.25) is 0 Å². The largest absolute Gasteiger partial charge is 0.323 e. The van der Waals surface area contributed by atoms with Crippen LogP contribution in [0.2, 0.25) is 0 Å². The summed E-state index contributed by atoms with van der Waals surface area (Å²) in [6, 6.07) is 8.18. The van der Waals surface area contributed by atoms with Crippen molar-refractivity contribution in [1.29, 1.82) is 5.26 Å². The van der Waals surface area contributed by atoms with E-state index in [0.717, 1.165) is 35.9 Å². The molecule has 0 saturated heterocycles. The maximum Gasteiger partial charge on any atom is 0.323 e. The number of hydrogen-bond acceptors (Lipinski definition) is 2. The minimum absolute atomic E-state index is 0.135. The highest BCUT2D eigenvalue weighted by atomic mass is 16.1. The fraction of sp³-hybridized carbons (Fsp3) is 0.333. The Hall–Kier alpha value is -2.02. The van der Waals surface area contributed by atoms with Crippen molar-refractivity contribution >= 4 is 11.0 Å². The molecule has 2 aromatic rings. The summed E-state index contributed by atoms with van der Waals surface area (Å²) in [6.45, 7) is 0. The second-order valence-corrected chi connectivity index (χ2v) is 4.53. The standard InChI is InChI=1S/C12H11N3O/c13-7-12(3-4-12)6-8-1-2-9-10(5-8)15-11(16)14-9/h1-2,5H,3-4,6H2,(H2,14,15,16). The molecule has 0 bridgehead atoms. The van der Waals surface area contributed by atoms with Crippen LogP contribution in [-0.2, 0) is 6.42 Å². The number of nitrogens with zero attached hydrogens (tertiary/aromatic N) is 1. The van der Waals surface area contributed by atoms with Crippen LogP contribution in [-0.4, -0.2) is 9.97 Å². The van der Waals surface area contributed by atoms with Crippen molar-refractivity contribution in [3.05, 3.63) is 34.2 Å². The molecule has 0 radical (unpaired) electrons. The van der Waals surface area contributed by atoms with Gasteiger partial charge < -0.3 is 9.97 Å². The van der Waals surface area contributed by atoms with Crippen LogP contribution in [0.1, 0.15) is 18.4 Å². The van der Waals surface area contributed by atoms with Crippen molar-refractivity contribution in [3.63, 3.8) is 0 Å². The van der Waals surface area contributed by atoms with E-state index in [2.05, 4.69) is 16.0 Å². The molecular weight excluding hydrogens is 202 g/mol. The molecule has 1 aliphatic carbocycles. The molecule has 0 amide bonds. The monoisotopic (exact) mass is 213 g/mol. The quantitative estimate of drug-likeness (QED) is 0.796. The number of imidazole rings is 1. The normalized spacial score (nSPS) is 17.2. The van der Waals surface area contributed by atoms with Gasteiger partial charge in [-0.25, -0.2) is 4.79 Å². The Kier molecular flexibility index (Phi) is 1.72. The number of benzene rings is 1. The van der Waals surface area contributed by atoms with Crippen LogP contribution in [0.5, 0.6) is 0 Å². The van der Waals surface area contributed by atoms with Gasteiger partial charge in [0.25, 0.3) is 0 Å². The van der Waals surface area contributed by atoms with Gasteiger partial charge in [-0.05, 0) is 37.0 Å². The fourth-order valence-electron chi connectivity index (χ4n) is 2.06. The van der Waals surface area contributed by atoms with Crippen molar-refractivity contribution < 1.29 is 0 Å². The number of fused-ring (bicyclic) bond motifs is 1. The predicted molar refractivity (Wildman–Crippen MR) is 59.9 cm³/mol. The number of H-pyrrole nitrogens is 2. The topological polar surface area (TPSA) is 72.4 Å². The molecule has 0 atom stereocenters. The third-order valence-corrected chi connectivity index (χ3v) is 3.21. The highest BCUT2D eigenvalue weighted by Gasteiger charge is 2.42. The van der Waals surface area contributed by atoms with E-state index in [4.69, 9.17) is 5.26 Å². The number of aromatic amines is 2. The Bertz CT molecular complexity index is 640. The molecule has 2 N–H and O–H groups in total. The summed E-state index contributed by atoms with van der Waals surface area (Å²) in [4.78, 5) is 16.5. The van der Waals surface area contributed by atoms with E-state index in [0.29, 0.717) is 0 Å². The lowest BCUT2D eigenvalue weighted by atomic mass is 9.98. The van der Waals surface area contributed by atoms with Gasteiger partial charge >= 0.3 is 5.69 Å². The third-order valence-electron chi connectivity index (χ3n) is 3.21. The van der Waals surface area contributed by atoms with Gasteiger partial charge in [0.05, 0.1) is 22.5 Å². The van der Waals surface area contributed by atoms with E-state index in [9.17, 15) is 4.79 Å². The first kappa shape index (κ1) is 9.22. The molecule has 80 valence electrons. The van der Waals surface area contributed by atoms with E-state index in [1.807, 2.05) is 18.2 Å². The number of nitrogens with one attached hydrogen (secondary N) is 2. The predicted octanol–water partition coefficient (Wildman–Crippen LogP) is 1.70. The molecule has 4 nitrogen and oxygen atoms in total. The summed E-state index contributed by atoms with van der Waals surface area (Å²) in [6.07, 6.45) is 2.77. The van der Waals surface area contributed by atoms with E-state index < -0.39 is 0 Å². The summed E-state index contributed by atoms with van der Waals surface area (Å²) in [5, 5.41) is 9.02. The van der Waals surface area contributed by atoms with Crippen LogP contribution < -0.4 is 5.69 Å². The number of rotatable bonds is 2. The Balaban J connectivity index is 1.99. The average molecular weight is 213 g/mol. The highest BCUT2D eigenvalue weighted by molar-refractivity contribution is 5.75. The van der Waals surface area contributed by atoms with Gasteiger partial charge in [0.2, 0.25) is 0 Å². The van der Waals surface area contributed by atoms with Gasteiger partial charge in [-0.2, -0.15) is 5.26 Å². The highest BCUT2D eigenvalue weighted by Crippen LogP contribution is 2.47. The van der Waals surface area contributed by atoms with E-state index in [1.165, 1.54) is 0 Å². The van der Waals surface area contributed by atoms with Crippen LogP contribution in [0.4, 0.5) is 0 Å². The smallest absolute Gasteiger partial charge is 0.306 e. The molecular formula is C12H11N3O. The second kappa shape index (κ2) is 2.99. The van der Waals surface area contributed by atoms with Crippen LogP contribution in [0.25, 0.3) is 11.0 Å². The van der Waals surface area contributed by atoms with E-state index >= 15 is 0 Å². The van der Waals surface area contributed by atoms with Crippen LogP contribution in [0.3, 0.4) is 0 Å². The molecule has 0 unspecified atom stereocenters. The first-order valence-corrected chi connectivity index (χ1v) is 5.33. The second-order valence-electron chi connectivity index (χ2n) is 4.53. The average Bonchev–Trinajstić information content (AvgIpc) is 2.93. The number of nitriles is 1. The Morgan fingerprint density at radius 3 is 2.75 bits per heavy atom. The van der Waals surface area contributed by atoms with Gasteiger partial charge in [0, 0.05) is 0 Å². The zero-order valence-corrected chi connectivity index (χ0v) is 8.71. The molecule has 1 aromatic carbocycles. The minimum atomic E-state index is -0.187. The zero-order chi connectivity index (χ0) is 11.2. The SMILES string of the molecule is N#CC1(Cc2ccc3[nH]c(=O)[nH]c3c2)CC1. The van der Waals surface area contributed by atoms with E-state index in [-0.39, 0.29) is 11.1 Å². The molecule has 1 fully saturated rings. The summed E-state index contributed by atoms with van der Waals surface area (Å²) in [7, 11) is 0. The first-order valence-electron chi connectivity index (χ1n) is 5.33. The number of aromatic nitrogens is 2. The minimum Gasteiger partial charge on any atom is -0.306 e. The summed E-state index contributed by atoms with van der Waals surface area (Å²) in [5.74, 6) is 0. The van der Waals surface area contributed by atoms with Gasteiger partial charge in [-0.1, -0.05) is 6.07 Å². The fourth-order valence-corrected chi connectivity index (χ4v) is 2.06. The summed E-state index contributed by atoms with van der Waals surface area (Å²) >= 11 is 0. The number of hydrogen-bond donors (Lipinski definition) is 2. The Morgan fingerprint density at radius 2 is 2.06 bits per heavy atom. The van der Waals surface area contributed by atoms with Crippen molar-refractivity contribution in [2.24, 2.45) is 5.41 Å².